The SMILES string of the molecule is O=C(CCc1ccsc1)Nc1ccc2c(c1)CCO2. The Morgan fingerprint density at radius 3 is 3.16 bits per heavy atom. The highest BCUT2D eigenvalue weighted by atomic mass is 32.1. The highest BCUT2D eigenvalue weighted by Crippen LogP contribution is 2.27. The largest absolute Gasteiger partial charge is 0.493 e. The zero-order chi connectivity index (χ0) is 13.1. The van der Waals surface area contributed by atoms with E-state index in [2.05, 4.69) is 16.8 Å². The summed E-state index contributed by atoms with van der Waals surface area (Å²) in [6.07, 6.45) is 2.24. The van der Waals surface area contributed by atoms with Crippen LogP contribution < -0.4 is 10.1 Å². The lowest BCUT2D eigenvalue weighted by molar-refractivity contribution is -0.116. The molecule has 19 heavy (non-hydrogen) atoms. The fourth-order valence-corrected chi connectivity index (χ4v) is 2.88. The van der Waals surface area contributed by atoms with E-state index < -0.39 is 0 Å². The van der Waals surface area contributed by atoms with Crippen molar-refractivity contribution >= 4 is 22.9 Å². The summed E-state index contributed by atoms with van der Waals surface area (Å²) >= 11 is 1.66. The Kier molecular flexibility index (Phi) is 3.51. The number of amides is 1. The summed E-state index contributed by atoms with van der Waals surface area (Å²) in [4.78, 5) is 11.9. The molecule has 1 aliphatic rings. The Morgan fingerprint density at radius 1 is 1.37 bits per heavy atom. The summed E-state index contributed by atoms with van der Waals surface area (Å²) in [5.41, 5.74) is 3.26. The second kappa shape index (κ2) is 5.45. The van der Waals surface area contributed by atoms with Gasteiger partial charge in [-0.15, -0.1) is 0 Å². The molecule has 2 aromatic rings. The van der Waals surface area contributed by atoms with Crippen LogP contribution in [0.5, 0.6) is 5.75 Å². The molecule has 0 saturated heterocycles. The molecule has 1 aliphatic heterocycles. The number of ether oxygens (including phenoxy) is 1. The first-order chi connectivity index (χ1) is 9.31. The molecule has 0 radical (unpaired) electrons. The van der Waals surface area contributed by atoms with Crippen molar-refractivity contribution in [3.8, 4) is 5.75 Å². The fourth-order valence-electron chi connectivity index (χ4n) is 2.18. The summed E-state index contributed by atoms with van der Waals surface area (Å²) in [7, 11) is 0. The van der Waals surface area contributed by atoms with Crippen molar-refractivity contribution in [3.63, 3.8) is 0 Å². The molecule has 0 bridgehead atoms. The zero-order valence-corrected chi connectivity index (χ0v) is 11.3. The van der Waals surface area contributed by atoms with E-state index in [0.29, 0.717) is 6.42 Å². The normalized spacial score (nSPS) is 12.8. The van der Waals surface area contributed by atoms with E-state index in [0.717, 1.165) is 30.9 Å². The minimum Gasteiger partial charge on any atom is -0.493 e. The molecule has 98 valence electrons. The lowest BCUT2D eigenvalue weighted by Crippen LogP contribution is -2.12. The zero-order valence-electron chi connectivity index (χ0n) is 10.5. The van der Waals surface area contributed by atoms with Gasteiger partial charge in [-0.3, -0.25) is 4.79 Å². The van der Waals surface area contributed by atoms with Gasteiger partial charge in [-0.2, -0.15) is 11.3 Å². The molecule has 1 aromatic heterocycles. The van der Waals surface area contributed by atoms with E-state index in [9.17, 15) is 4.79 Å². The number of thiophene rings is 1. The lowest BCUT2D eigenvalue weighted by Gasteiger charge is -2.06. The maximum Gasteiger partial charge on any atom is 0.224 e. The Morgan fingerprint density at radius 2 is 2.32 bits per heavy atom. The molecule has 0 spiro atoms. The first kappa shape index (κ1) is 12.2. The molecule has 1 aromatic carbocycles. The minimum absolute atomic E-state index is 0.0602. The van der Waals surface area contributed by atoms with Gasteiger partial charge in [0, 0.05) is 18.5 Å². The third-order valence-corrected chi connectivity index (χ3v) is 3.93. The maximum atomic E-state index is 11.9. The fraction of sp³-hybridized carbons (Fsp3) is 0.267. The quantitative estimate of drug-likeness (QED) is 0.928. The van der Waals surface area contributed by atoms with E-state index in [-0.39, 0.29) is 5.91 Å². The van der Waals surface area contributed by atoms with Gasteiger partial charge in [0.15, 0.2) is 0 Å². The van der Waals surface area contributed by atoms with Crippen LogP contribution in [0.25, 0.3) is 0 Å². The van der Waals surface area contributed by atoms with E-state index in [4.69, 9.17) is 4.74 Å². The van der Waals surface area contributed by atoms with Gasteiger partial charge in [-0.05, 0) is 52.6 Å². The van der Waals surface area contributed by atoms with Gasteiger partial charge in [-0.25, -0.2) is 0 Å². The molecule has 2 heterocycles. The number of rotatable bonds is 4. The summed E-state index contributed by atoms with van der Waals surface area (Å²) in [5.74, 6) is 1.00. The molecule has 1 amide bonds. The number of anilines is 1. The molecule has 3 nitrogen and oxygen atoms in total. The van der Waals surface area contributed by atoms with Gasteiger partial charge in [0.25, 0.3) is 0 Å². The summed E-state index contributed by atoms with van der Waals surface area (Å²) in [6.45, 7) is 0.741. The van der Waals surface area contributed by atoms with Crippen molar-refractivity contribution in [1.82, 2.24) is 0 Å². The number of benzene rings is 1. The first-order valence-electron chi connectivity index (χ1n) is 6.38. The maximum absolute atomic E-state index is 11.9. The topological polar surface area (TPSA) is 38.3 Å². The van der Waals surface area contributed by atoms with Gasteiger partial charge < -0.3 is 10.1 Å². The lowest BCUT2D eigenvalue weighted by atomic mass is 10.1. The number of carbonyl (C=O) groups is 1. The summed E-state index contributed by atoms with van der Waals surface area (Å²) < 4.78 is 5.44. The highest BCUT2D eigenvalue weighted by Gasteiger charge is 2.12. The van der Waals surface area contributed by atoms with Crippen molar-refractivity contribution in [2.75, 3.05) is 11.9 Å². The second-order valence-corrected chi connectivity index (χ2v) is 5.38. The highest BCUT2D eigenvalue weighted by molar-refractivity contribution is 7.07. The minimum atomic E-state index is 0.0602. The Bertz CT molecular complexity index is 578. The molecule has 0 aliphatic carbocycles. The molecule has 3 rings (SSSR count). The van der Waals surface area contributed by atoms with E-state index in [1.165, 1.54) is 11.1 Å². The standard InChI is InChI=1S/C15H15NO2S/c17-15(4-1-11-6-8-19-10-11)16-13-2-3-14-12(9-13)5-7-18-14/h2-3,6,8-10H,1,4-5,7H2,(H,16,17). The van der Waals surface area contributed by atoms with Crippen LogP contribution in [0.1, 0.15) is 17.5 Å². The van der Waals surface area contributed by atoms with Crippen molar-refractivity contribution in [3.05, 3.63) is 46.2 Å². The molecule has 4 heteroatoms. The van der Waals surface area contributed by atoms with Crippen LogP contribution in [0.15, 0.2) is 35.0 Å². The van der Waals surface area contributed by atoms with Crippen LogP contribution in [0.3, 0.4) is 0 Å². The smallest absolute Gasteiger partial charge is 0.224 e. The number of fused-ring (bicyclic) bond motifs is 1. The Hall–Kier alpha value is -1.81. The number of nitrogens with one attached hydrogen (secondary N) is 1. The predicted molar refractivity (Wildman–Crippen MR) is 76.9 cm³/mol. The average Bonchev–Trinajstić information content (AvgIpc) is 3.07. The van der Waals surface area contributed by atoms with Gasteiger partial charge in [-0.1, -0.05) is 0 Å². The van der Waals surface area contributed by atoms with Crippen molar-refractivity contribution in [1.29, 1.82) is 0 Å². The molecule has 0 atom stereocenters. The number of aryl methyl sites for hydroxylation is 1. The summed E-state index contributed by atoms with van der Waals surface area (Å²) in [5, 5.41) is 7.06. The first-order valence-corrected chi connectivity index (χ1v) is 7.32. The Balaban J connectivity index is 1.57. The van der Waals surface area contributed by atoms with Gasteiger partial charge in [0.05, 0.1) is 6.61 Å². The molecule has 0 saturated carbocycles. The number of hydrogen-bond acceptors (Lipinski definition) is 3. The molecule has 0 unspecified atom stereocenters. The third kappa shape index (κ3) is 2.96. The second-order valence-electron chi connectivity index (χ2n) is 4.60. The number of carbonyl (C=O) groups excluding carboxylic acids is 1. The van der Waals surface area contributed by atoms with Crippen LogP contribution in [-0.2, 0) is 17.6 Å². The molecule has 0 fully saturated rings. The number of hydrogen-bond donors (Lipinski definition) is 1. The third-order valence-electron chi connectivity index (χ3n) is 3.19. The van der Waals surface area contributed by atoms with E-state index in [1.807, 2.05) is 23.6 Å². The van der Waals surface area contributed by atoms with Crippen LogP contribution in [0, 0.1) is 0 Å². The van der Waals surface area contributed by atoms with E-state index in [1.54, 1.807) is 11.3 Å². The van der Waals surface area contributed by atoms with Crippen LogP contribution >= 0.6 is 11.3 Å². The van der Waals surface area contributed by atoms with Crippen molar-refractivity contribution in [2.45, 2.75) is 19.3 Å². The molecular formula is C15H15NO2S. The predicted octanol–water partition coefficient (Wildman–Crippen LogP) is 3.25. The van der Waals surface area contributed by atoms with Crippen LogP contribution in [-0.4, -0.2) is 12.5 Å². The molecular weight excluding hydrogens is 258 g/mol. The average molecular weight is 273 g/mol. The molecule has 1 N–H and O–H groups in total. The monoisotopic (exact) mass is 273 g/mol. The summed E-state index contributed by atoms with van der Waals surface area (Å²) in [6, 6.07) is 7.89. The van der Waals surface area contributed by atoms with Crippen LogP contribution in [0.4, 0.5) is 5.69 Å². The van der Waals surface area contributed by atoms with Gasteiger partial charge >= 0.3 is 0 Å². The van der Waals surface area contributed by atoms with Crippen LogP contribution in [0.2, 0.25) is 0 Å². The van der Waals surface area contributed by atoms with E-state index >= 15 is 0 Å². The van der Waals surface area contributed by atoms with Crippen molar-refractivity contribution < 1.29 is 9.53 Å². The van der Waals surface area contributed by atoms with Gasteiger partial charge in [0.1, 0.15) is 5.75 Å². The van der Waals surface area contributed by atoms with Gasteiger partial charge in [0.2, 0.25) is 5.91 Å². The Labute approximate surface area is 116 Å². The van der Waals surface area contributed by atoms with Crippen molar-refractivity contribution in [2.24, 2.45) is 0 Å².